The van der Waals surface area contributed by atoms with Gasteiger partial charge in [-0.05, 0) is 45.7 Å². The second-order valence-corrected chi connectivity index (χ2v) is 8.77. The molecule has 0 radical (unpaired) electrons. The lowest BCUT2D eigenvalue weighted by molar-refractivity contribution is 0.587. The van der Waals surface area contributed by atoms with Crippen LogP contribution in [-0.2, 0) is 22.5 Å². The van der Waals surface area contributed by atoms with Crippen LogP contribution in [0.5, 0.6) is 0 Å². The van der Waals surface area contributed by atoms with Gasteiger partial charge in [0.1, 0.15) is 0 Å². The Morgan fingerprint density at radius 3 is 2.31 bits per heavy atom. The molecule has 3 aromatic rings. The highest BCUT2D eigenvalue weighted by Gasteiger charge is 2.18. The van der Waals surface area contributed by atoms with Gasteiger partial charge < -0.3 is 0 Å². The molecular formula is C18H21N5O2S. The Kier molecular flexibility index (Phi) is 4.53. The fourth-order valence-electron chi connectivity index (χ4n) is 2.54. The van der Waals surface area contributed by atoms with Gasteiger partial charge in [-0.1, -0.05) is 45.0 Å². The van der Waals surface area contributed by atoms with E-state index in [2.05, 4.69) is 41.0 Å². The van der Waals surface area contributed by atoms with Gasteiger partial charge >= 0.3 is 0 Å². The summed E-state index contributed by atoms with van der Waals surface area (Å²) < 4.78 is 29.5. The van der Waals surface area contributed by atoms with Crippen LogP contribution in [0, 0.1) is 0 Å². The average Bonchev–Trinajstić information content (AvgIpc) is 3.00. The normalized spacial score (nSPS) is 12.2. The maximum atomic E-state index is 12.7. The maximum absolute atomic E-state index is 12.7. The van der Waals surface area contributed by atoms with Gasteiger partial charge in [-0.3, -0.25) is 4.72 Å². The number of hydrogen-bond acceptors (Lipinski definition) is 5. The molecule has 0 amide bonds. The van der Waals surface area contributed by atoms with E-state index >= 15 is 0 Å². The number of aromatic nitrogens is 4. The Bertz CT molecular complexity index is 1020. The van der Waals surface area contributed by atoms with E-state index in [1.54, 1.807) is 37.4 Å². The number of hydrogen-bond donors (Lipinski definition) is 1. The number of nitrogens with zero attached hydrogens (tertiary/aromatic N) is 4. The van der Waals surface area contributed by atoms with Gasteiger partial charge in [0.2, 0.25) is 0 Å². The Balaban J connectivity index is 1.87. The summed E-state index contributed by atoms with van der Waals surface area (Å²) in [5.41, 5.74) is 2.22. The summed E-state index contributed by atoms with van der Waals surface area (Å²) in [7, 11) is -1.95. The van der Waals surface area contributed by atoms with E-state index in [1.807, 2.05) is 18.2 Å². The summed E-state index contributed by atoms with van der Waals surface area (Å²) in [5, 5.41) is 11.3. The predicted molar refractivity (Wildman–Crippen MR) is 100 cm³/mol. The largest absolute Gasteiger partial charge is 0.280 e. The molecule has 0 aliphatic rings. The molecular weight excluding hydrogens is 350 g/mol. The number of anilines is 1. The van der Waals surface area contributed by atoms with Crippen LogP contribution in [-0.4, -0.2) is 28.6 Å². The summed E-state index contributed by atoms with van der Waals surface area (Å²) in [6.07, 6.45) is 0. The highest BCUT2D eigenvalue weighted by atomic mass is 32.2. The van der Waals surface area contributed by atoms with E-state index < -0.39 is 10.0 Å². The smallest absolute Gasteiger partial charge is 0.261 e. The van der Waals surface area contributed by atoms with E-state index in [0.717, 1.165) is 11.1 Å². The lowest BCUT2D eigenvalue weighted by atomic mass is 9.87. The molecule has 1 aromatic heterocycles. The number of rotatable bonds is 4. The first-order chi connectivity index (χ1) is 12.2. The second kappa shape index (κ2) is 6.53. The zero-order valence-electron chi connectivity index (χ0n) is 15.1. The van der Waals surface area contributed by atoms with Crippen molar-refractivity contribution in [2.24, 2.45) is 7.05 Å². The van der Waals surface area contributed by atoms with Gasteiger partial charge in [0, 0.05) is 18.3 Å². The number of nitrogens with one attached hydrogen (secondary N) is 1. The SMILES string of the molecule is Cn1nnnc1-c1cccc(NS(=O)(=O)c2ccc(C(C)(C)C)cc2)c1. The third-order valence-electron chi connectivity index (χ3n) is 4.02. The summed E-state index contributed by atoms with van der Waals surface area (Å²) >= 11 is 0. The first-order valence-electron chi connectivity index (χ1n) is 8.13. The predicted octanol–water partition coefficient (Wildman–Crippen LogP) is 2.98. The van der Waals surface area contributed by atoms with Crippen molar-refractivity contribution in [3.63, 3.8) is 0 Å². The topological polar surface area (TPSA) is 89.8 Å². The maximum Gasteiger partial charge on any atom is 0.261 e. The van der Waals surface area contributed by atoms with Gasteiger partial charge in [0.25, 0.3) is 10.0 Å². The standard InChI is InChI=1S/C18H21N5O2S/c1-18(2,3)14-8-10-16(11-9-14)26(24,25)20-15-7-5-6-13(12-15)17-19-21-22-23(17)4/h5-12,20H,1-4H3. The molecule has 26 heavy (non-hydrogen) atoms. The number of aryl methyl sites for hydroxylation is 1. The van der Waals surface area contributed by atoms with Crippen LogP contribution in [0.25, 0.3) is 11.4 Å². The van der Waals surface area contributed by atoms with Crippen LogP contribution in [0.3, 0.4) is 0 Å². The van der Waals surface area contributed by atoms with Crippen LogP contribution < -0.4 is 4.72 Å². The van der Waals surface area contributed by atoms with Crippen LogP contribution >= 0.6 is 0 Å². The summed E-state index contributed by atoms with van der Waals surface area (Å²) in [4.78, 5) is 0.219. The highest BCUT2D eigenvalue weighted by molar-refractivity contribution is 7.92. The van der Waals surface area contributed by atoms with Crippen LogP contribution in [0.15, 0.2) is 53.4 Å². The molecule has 1 heterocycles. The van der Waals surface area contributed by atoms with Crippen molar-refractivity contribution in [3.05, 3.63) is 54.1 Å². The van der Waals surface area contributed by atoms with Crippen molar-refractivity contribution in [3.8, 4) is 11.4 Å². The molecule has 0 spiro atoms. The first kappa shape index (κ1) is 18.1. The molecule has 0 saturated carbocycles. The monoisotopic (exact) mass is 371 g/mol. The molecule has 136 valence electrons. The molecule has 0 unspecified atom stereocenters. The van der Waals surface area contributed by atoms with E-state index in [9.17, 15) is 8.42 Å². The van der Waals surface area contributed by atoms with Crippen molar-refractivity contribution < 1.29 is 8.42 Å². The number of sulfonamides is 1. The Morgan fingerprint density at radius 1 is 1.04 bits per heavy atom. The van der Waals surface area contributed by atoms with Crippen molar-refractivity contribution >= 4 is 15.7 Å². The molecule has 0 aliphatic heterocycles. The molecule has 8 heteroatoms. The first-order valence-corrected chi connectivity index (χ1v) is 9.61. The second-order valence-electron chi connectivity index (χ2n) is 7.09. The molecule has 3 rings (SSSR count). The van der Waals surface area contributed by atoms with Crippen molar-refractivity contribution in [1.82, 2.24) is 20.2 Å². The van der Waals surface area contributed by atoms with Crippen LogP contribution in [0.4, 0.5) is 5.69 Å². The van der Waals surface area contributed by atoms with Crippen LogP contribution in [0.2, 0.25) is 0 Å². The Morgan fingerprint density at radius 2 is 1.73 bits per heavy atom. The molecule has 7 nitrogen and oxygen atoms in total. The lowest BCUT2D eigenvalue weighted by Gasteiger charge is -2.19. The Labute approximate surface area is 153 Å². The van der Waals surface area contributed by atoms with Crippen molar-refractivity contribution in [2.45, 2.75) is 31.1 Å². The molecule has 0 bridgehead atoms. The molecule has 0 aliphatic carbocycles. The summed E-state index contributed by atoms with van der Waals surface area (Å²) in [6.45, 7) is 6.25. The molecule has 0 atom stereocenters. The summed E-state index contributed by atoms with van der Waals surface area (Å²) in [6, 6.07) is 13.9. The number of tetrazole rings is 1. The molecule has 0 fully saturated rings. The fourth-order valence-corrected chi connectivity index (χ4v) is 3.59. The highest BCUT2D eigenvalue weighted by Crippen LogP contribution is 2.25. The molecule has 0 saturated heterocycles. The minimum absolute atomic E-state index is 0.0335. The molecule has 1 N–H and O–H groups in total. The van der Waals surface area contributed by atoms with Gasteiger partial charge in [0.15, 0.2) is 5.82 Å². The van der Waals surface area contributed by atoms with Gasteiger partial charge in [-0.2, -0.15) is 0 Å². The van der Waals surface area contributed by atoms with Crippen molar-refractivity contribution in [2.75, 3.05) is 4.72 Å². The third-order valence-corrected chi connectivity index (χ3v) is 5.42. The molecule has 2 aromatic carbocycles. The summed E-state index contributed by atoms with van der Waals surface area (Å²) in [5.74, 6) is 0.556. The van der Waals surface area contributed by atoms with Crippen LogP contribution in [0.1, 0.15) is 26.3 Å². The van der Waals surface area contributed by atoms with E-state index in [1.165, 1.54) is 4.68 Å². The Hall–Kier alpha value is -2.74. The van der Waals surface area contributed by atoms with E-state index in [4.69, 9.17) is 0 Å². The minimum Gasteiger partial charge on any atom is -0.280 e. The van der Waals surface area contributed by atoms with E-state index in [-0.39, 0.29) is 10.3 Å². The zero-order valence-corrected chi connectivity index (χ0v) is 15.9. The third kappa shape index (κ3) is 3.75. The lowest BCUT2D eigenvalue weighted by Crippen LogP contribution is -2.15. The van der Waals surface area contributed by atoms with Gasteiger partial charge in [0.05, 0.1) is 4.90 Å². The van der Waals surface area contributed by atoms with Crippen molar-refractivity contribution in [1.29, 1.82) is 0 Å². The fraction of sp³-hybridized carbons (Fsp3) is 0.278. The van der Waals surface area contributed by atoms with Gasteiger partial charge in [-0.25, -0.2) is 13.1 Å². The zero-order chi connectivity index (χ0) is 18.9. The minimum atomic E-state index is -3.68. The average molecular weight is 371 g/mol. The quantitative estimate of drug-likeness (QED) is 0.761. The van der Waals surface area contributed by atoms with Gasteiger partial charge in [-0.15, -0.1) is 5.10 Å². The van der Waals surface area contributed by atoms with E-state index in [0.29, 0.717) is 11.5 Å². The number of benzene rings is 2.